The maximum Gasteiger partial charge on any atom is 0.255 e. The number of pyridine rings is 1. The molecule has 8 heteroatoms. The normalized spacial score (nSPS) is 15.7. The van der Waals surface area contributed by atoms with Gasteiger partial charge < -0.3 is 25.2 Å². The molecule has 8 nitrogen and oxygen atoms in total. The number of aromatic nitrogens is 1. The predicted molar refractivity (Wildman–Crippen MR) is 114 cm³/mol. The van der Waals surface area contributed by atoms with E-state index in [1.54, 1.807) is 19.2 Å². The number of aliphatic hydroxyl groups is 2. The fourth-order valence-corrected chi connectivity index (χ4v) is 3.41. The van der Waals surface area contributed by atoms with Crippen LogP contribution >= 0.6 is 0 Å². The summed E-state index contributed by atoms with van der Waals surface area (Å²) in [5, 5.41) is 23.2. The molecule has 0 radical (unpaired) electrons. The summed E-state index contributed by atoms with van der Waals surface area (Å²) in [5.41, 5.74) is 2.42. The van der Waals surface area contributed by atoms with Gasteiger partial charge in [-0.1, -0.05) is 31.5 Å². The van der Waals surface area contributed by atoms with Crippen LogP contribution in [-0.4, -0.2) is 50.7 Å². The summed E-state index contributed by atoms with van der Waals surface area (Å²) in [5.74, 6) is -0.829. The Balaban J connectivity index is 1.56. The van der Waals surface area contributed by atoms with E-state index in [1.165, 1.54) is 4.90 Å². The molecule has 1 aromatic heterocycles. The standard InChI is InChI=1S/C23H29N3O5/c1-3-4-11-31-18-9-5-7-16(12-18)15(2)25-22(29)20(27)21(28)23(30)26-13-17-8-6-10-24-19(17)14-26/h5-10,12,15,20-21,27-28H,3-4,11,13-14H2,1-2H3,(H,25,29)/t15-,20-,21-/m1/s1. The molecule has 1 aromatic carbocycles. The van der Waals surface area contributed by atoms with Crippen LogP contribution in [0.2, 0.25) is 0 Å². The predicted octanol–water partition coefficient (Wildman–Crippen LogP) is 1.70. The van der Waals surface area contributed by atoms with E-state index in [1.807, 2.05) is 30.3 Å². The first-order valence-corrected chi connectivity index (χ1v) is 10.5. The Kier molecular flexibility index (Phi) is 7.59. The lowest BCUT2D eigenvalue weighted by molar-refractivity contribution is -0.153. The van der Waals surface area contributed by atoms with E-state index in [9.17, 15) is 19.8 Å². The van der Waals surface area contributed by atoms with Crippen LogP contribution in [0.5, 0.6) is 5.75 Å². The van der Waals surface area contributed by atoms with Gasteiger partial charge in [0.25, 0.3) is 11.8 Å². The molecule has 0 aliphatic carbocycles. The minimum absolute atomic E-state index is 0.238. The molecular formula is C23H29N3O5. The zero-order valence-electron chi connectivity index (χ0n) is 17.8. The van der Waals surface area contributed by atoms with Crippen molar-refractivity contribution in [1.29, 1.82) is 0 Å². The van der Waals surface area contributed by atoms with E-state index < -0.39 is 30.1 Å². The first-order chi connectivity index (χ1) is 14.9. The van der Waals surface area contributed by atoms with Gasteiger partial charge in [0, 0.05) is 12.7 Å². The van der Waals surface area contributed by atoms with Gasteiger partial charge in [0.1, 0.15) is 5.75 Å². The molecule has 1 aliphatic heterocycles. The van der Waals surface area contributed by atoms with Crippen LogP contribution in [0.1, 0.15) is 49.6 Å². The van der Waals surface area contributed by atoms with Gasteiger partial charge in [0.05, 0.1) is 24.9 Å². The Morgan fingerprint density at radius 1 is 1.19 bits per heavy atom. The highest BCUT2D eigenvalue weighted by Crippen LogP contribution is 2.22. The number of nitrogens with zero attached hydrogens (tertiary/aromatic N) is 2. The molecule has 2 aromatic rings. The molecule has 1 aliphatic rings. The van der Waals surface area contributed by atoms with E-state index in [0.29, 0.717) is 12.4 Å². The smallest absolute Gasteiger partial charge is 0.255 e. The fraction of sp³-hybridized carbons (Fsp3) is 0.435. The molecule has 0 spiro atoms. The SMILES string of the molecule is CCCCOc1cccc([C@@H](C)NC(=O)[C@H](O)[C@@H](O)C(=O)N2Cc3cccnc3C2)c1. The lowest BCUT2D eigenvalue weighted by atomic mass is 10.1. The van der Waals surface area contributed by atoms with Crippen LogP contribution in [0.4, 0.5) is 0 Å². The molecule has 2 amide bonds. The number of hydrogen-bond acceptors (Lipinski definition) is 6. The third-order valence-corrected chi connectivity index (χ3v) is 5.30. The molecule has 3 N–H and O–H groups in total. The van der Waals surface area contributed by atoms with E-state index in [0.717, 1.165) is 29.7 Å². The lowest BCUT2D eigenvalue weighted by Gasteiger charge is -2.24. The lowest BCUT2D eigenvalue weighted by Crippen LogP contribution is -2.50. The molecule has 0 bridgehead atoms. The second-order valence-corrected chi connectivity index (χ2v) is 7.70. The summed E-state index contributed by atoms with van der Waals surface area (Å²) in [6.45, 7) is 4.98. The largest absolute Gasteiger partial charge is 0.494 e. The van der Waals surface area contributed by atoms with E-state index in [-0.39, 0.29) is 13.1 Å². The number of aliphatic hydroxyl groups excluding tert-OH is 2. The Morgan fingerprint density at radius 2 is 2.00 bits per heavy atom. The van der Waals surface area contributed by atoms with Gasteiger partial charge in [0.15, 0.2) is 12.2 Å². The second kappa shape index (κ2) is 10.4. The number of amides is 2. The first kappa shape index (κ1) is 22.7. The summed E-state index contributed by atoms with van der Waals surface area (Å²) in [6, 6.07) is 10.5. The Morgan fingerprint density at radius 3 is 2.74 bits per heavy atom. The quantitative estimate of drug-likeness (QED) is 0.525. The minimum atomic E-state index is -1.88. The third kappa shape index (κ3) is 5.59. The number of carbonyl (C=O) groups excluding carboxylic acids is 2. The van der Waals surface area contributed by atoms with Crippen molar-refractivity contribution in [3.05, 3.63) is 59.4 Å². The van der Waals surface area contributed by atoms with Crippen LogP contribution in [0.15, 0.2) is 42.6 Å². The zero-order valence-corrected chi connectivity index (χ0v) is 17.8. The number of nitrogens with one attached hydrogen (secondary N) is 1. The van der Waals surface area contributed by atoms with Crippen molar-refractivity contribution in [2.24, 2.45) is 0 Å². The molecule has 2 heterocycles. The van der Waals surface area contributed by atoms with Gasteiger partial charge in [-0.25, -0.2) is 0 Å². The monoisotopic (exact) mass is 427 g/mol. The summed E-state index contributed by atoms with van der Waals surface area (Å²) in [4.78, 5) is 30.6. The number of unbranched alkanes of at least 4 members (excludes halogenated alkanes) is 1. The van der Waals surface area contributed by atoms with Gasteiger partial charge in [-0.2, -0.15) is 0 Å². The molecule has 0 saturated carbocycles. The fourth-order valence-electron chi connectivity index (χ4n) is 3.41. The molecular weight excluding hydrogens is 398 g/mol. The van der Waals surface area contributed by atoms with Gasteiger partial charge in [-0.3, -0.25) is 14.6 Å². The van der Waals surface area contributed by atoms with Gasteiger partial charge in [0.2, 0.25) is 0 Å². The van der Waals surface area contributed by atoms with E-state index in [4.69, 9.17) is 4.74 Å². The van der Waals surface area contributed by atoms with Crippen LogP contribution in [0, 0.1) is 0 Å². The average molecular weight is 428 g/mol. The molecule has 0 saturated heterocycles. The third-order valence-electron chi connectivity index (χ3n) is 5.30. The topological polar surface area (TPSA) is 112 Å². The highest BCUT2D eigenvalue weighted by Gasteiger charge is 2.36. The van der Waals surface area contributed by atoms with Crippen molar-refractivity contribution in [2.75, 3.05) is 6.61 Å². The number of hydrogen-bond donors (Lipinski definition) is 3. The summed E-state index contributed by atoms with van der Waals surface area (Å²) in [7, 11) is 0. The number of fused-ring (bicyclic) bond motifs is 1. The van der Waals surface area contributed by atoms with E-state index >= 15 is 0 Å². The van der Waals surface area contributed by atoms with Crippen LogP contribution in [0.25, 0.3) is 0 Å². The summed E-state index contributed by atoms with van der Waals surface area (Å²) < 4.78 is 5.69. The molecule has 3 atom stereocenters. The van der Waals surface area contributed by atoms with Crippen molar-refractivity contribution in [3.8, 4) is 5.75 Å². The van der Waals surface area contributed by atoms with E-state index in [2.05, 4.69) is 17.2 Å². The number of carbonyl (C=O) groups is 2. The van der Waals surface area contributed by atoms with Crippen molar-refractivity contribution in [3.63, 3.8) is 0 Å². The highest BCUT2D eigenvalue weighted by molar-refractivity contribution is 5.91. The first-order valence-electron chi connectivity index (χ1n) is 10.5. The maximum atomic E-state index is 12.6. The number of benzene rings is 1. The number of ether oxygens (including phenoxy) is 1. The average Bonchev–Trinajstić information content (AvgIpc) is 3.22. The van der Waals surface area contributed by atoms with Gasteiger partial charge in [-0.15, -0.1) is 0 Å². The van der Waals surface area contributed by atoms with Crippen LogP contribution < -0.4 is 10.1 Å². The van der Waals surface area contributed by atoms with Crippen LogP contribution in [0.3, 0.4) is 0 Å². The zero-order chi connectivity index (χ0) is 22.4. The number of rotatable bonds is 9. The van der Waals surface area contributed by atoms with Crippen molar-refractivity contribution >= 4 is 11.8 Å². The molecule has 166 valence electrons. The van der Waals surface area contributed by atoms with Crippen molar-refractivity contribution in [1.82, 2.24) is 15.2 Å². The highest BCUT2D eigenvalue weighted by atomic mass is 16.5. The molecule has 31 heavy (non-hydrogen) atoms. The van der Waals surface area contributed by atoms with Crippen LogP contribution in [-0.2, 0) is 22.7 Å². The Bertz CT molecular complexity index is 895. The Hall–Kier alpha value is -2.97. The van der Waals surface area contributed by atoms with Gasteiger partial charge in [-0.05, 0) is 42.7 Å². The molecule has 3 rings (SSSR count). The minimum Gasteiger partial charge on any atom is -0.494 e. The summed E-state index contributed by atoms with van der Waals surface area (Å²) in [6.07, 6.45) is -0.116. The summed E-state index contributed by atoms with van der Waals surface area (Å²) >= 11 is 0. The van der Waals surface area contributed by atoms with Gasteiger partial charge >= 0.3 is 0 Å². The maximum absolute atomic E-state index is 12.6. The van der Waals surface area contributed by atoms with Crippen molar-refractivity contribution < 1.29 is 24.5 Å². The molecule has 0 fully saturated rings. The second-order valence-electron chi connectivity index (χ2n) is 7.70. The molecule has 0 unspecified atom stereocenters. The Labute approximate surface area is 181 Å². The van der Waals surface area contributed by atoms with Crippen molar-refractivity contribution in [2.45, 2.75) is 58.0 Å².